The highest BCUT2D eigenvalue weighted by molar-refractivity contribution is 5.85. The van der Waals surface area contributed by atoms with Crippen molar-refractivity contribution in [2.45, 2.75) is 25.8 Å². The molecule has 5 heteroatoms. The lowest BCUT2D eigenvalue weighted by Crippen LogP contribution is -2.43. The lowest BCUT2D eigenvalue weighted by molar-refractivity contribution is -0.142. The molecular weight excluding hydrogens is 386 g/mol. The van der Waals surface area contributed by atoms with E-state index >= 15 is 0 Å². The van der Waals surface area contributed by atoms with Crippen molar-refractivity contribution in [3.63, 3.8) is 0 Å². The number of carboxylic acids is 1. The Kier molecular flexibility index (Phi) is 6.31. The van der Waals surface area contributed by atoms with Gasteiger partial charge in [0.05, 0.1) is 11.6 Å². The minimum absolute atomic E-state index is 0.352. The van der Waals surface area contributed by atoms with Crippen LogP contribution < -0.4 is 10.2 Å². The number of carboxylic acid groups (broad SMARTS) is 1. The van der Waals surface area contributed by atoms with Crippen molar-refractivity contribution in [2.24, 2.45) is 0 Å². The molecule has 0 aliphatic heterocycles. The van der Waals surface area contributed by atoms with Crippen LogP contribution in [0.15, 0.2) is 66.7 Å². The first-order valence-corrected chi connectivity index (χ1v) is 10.2. The molecule has 0 aliphatic carbocycles. The molecule has 3 aromatic carbocycles. The summed E-state index contributed by atoms with van der Waals surface area (Å²) in [6, 6.07) is 23.1. The molecule has 1 unspecified atom stereocenters. The van der Waals surface area contributed by atoms with Crippen molar-refractivity contribution < 1.29 is 9.90 Å². The number of anilines is 2. The van der Waals surface area contributed by atoms with Crippen LogP contribution >= 0.6 is 0 Å². The Morgan fingerprint density at radius 1 is 1.03 bits per heavy atom. The minimum atomic E-state index is -1.29. The van der Waals surface area contributed by atoms with E-state index in [1.165, 1.54) is 0 Å². The molecule has 158 valence electrons. The van der Waals surface area contributed by atoms with Gasteiger partial charge in [-0.1, -0.05) is 36.8 Å². The fourth-order valence-electron chi connectivity index (χ4n) is 3.72. The van der Waals surface area contributed by atoms with E-state index in [0.717, 1.165) is 22.4 Å². The van der Waals surface area contributed by atoms with Gasteiger partial charge in [0.25, 0.3) is 0 Å². The molecular formula is C26H27N3O2. The van der Waals surface area contributed by atoms with Gasteiger partial charge in [0.2, 0.25) is 0 Å². The van der Waals surface area contributed by atoms with Crippen LogP contribution in [-0.4, -0.2) is 25.2 Å². The number of nitrogens with one attached hydrogen (secondary N) is 1. The second-order valence-electron chi connectivity index (χ2n) is 7.91. The van der Waals surface area contributed by atoms with Gasteiger partial charge in [-0.2, -0.15) is 5.26 Å². The Bertz CT molecular complexity index is 1110. The van der Waals surface area contributed by atoms with Gasteiger partial charge in [0, 0.05) is 25.5 Å². The molecule has 0 heterocycles. The monoisotopic (exact) mass is 413 g/mol. The lowest BCUT2D eigenvalue weighted by atomic mass is 9.84. The van der Waals surface area contributed by atoms with Gasteiger partial charge in [0.1, 0.15) is 0 Å². The van der Waals surface area contributed by atoms with Gasteiger partial charge in [-0.3, -0.25) is 0 Å². The van der Waals surface area contributed by atoms with Gasteiger partial charge in [0.15, 0.2) is 5.54 Å². The van der Waals surface area contributed by atoms with Crippen LogP contribution in [-0.2, 0) is 10.3 Å². The first-order valence-electron chi connectivity index (χ1n) is 10.2. The molecule has 0 fully saturated rings. The Labute approximate surface area is 183 Å². The third-order valence-electron chi connectivity index (χ3n) is 5.55. The van der Waals surface area contributed by atoms with E-state index in [4.69, 9.17) is 5.26 Å². The standard InChI is InChI=1S/C26H27N3O2/c1-5-26(25(30)31,28-23-10-6-19(17-27)7-11-23)22-15-18(2)14-21(16-22)20-8-12-24(13-9-20)29(3)4/h6-16,28H,5H2,1-4H3,(H,30,31). The summed E-state index contributed by atoms with van der Waals surface area (Å²) in [4.78, 5) is 14.6. The Morgan fingerprint density at radius 3 is 2.19 bits per heavy atom. The summed E-state index contributed by atoms with van der Waals surface area (Å²) < 4.78 is 0. The zero-order valence-electron chi connectivity index (χ0n) is 18.3. The van der Waals surface area contributed by atoms with E-state index in [0.29, 0.717) is 23.2 Å². The normalized spacial score (nSPS) is 12.5. The number of nitriles is 1. The van der Waals surface area contributed by atoms with Gasteiger partial charge >= 0.3 is 5.97 Å². The molecule has 31 heavy (non-hydrogen) atoms. The second-order valence-corrected chi connectivity index (χ2v) is 7.91. The fraction of sp³-hybridized carbons (Fsp3) is 0.231. The molecule has 0 spiro atoms. The molecule has 0 bridgehead atoms. The molecule has 0 aromatic heterocycles. The van der Waals surface area contributed by atoms with E-state index in [9.17, 15) is 9.90 Å². The highest BCUT2D eigenvalue weighted by Crippen LogP contribution is 2.34. The molecule has 3 aromatic rings. The van der Waals surface area contributed by atoms with Crippen molar-refractivity contribution in [3.8, 4) is 17.2 Å². The molecule has 5 nitrogen and oxygen atoms in total. The van der Waals surface area contributed by atoms with E-state index in [1.807, 2.05) is 45.0 Å². The second kappa shape index (κ2) is 8.93. The highest BCUT2D eigenvalue weighted by atomic mass is 16.4. The van der Waals surface area contributed by atoms with E-state index in [2.05, 4.69) is 41.7 Å². The smallest absolute Gasteiger partial charge is 0.334 e. The van der Waals surface area contributed by atoms with E-state index in [1.54, 1.807) is 24.3 Å². The molecule has 0 saturated carbocycles. The third kappa shape index (κ3) is 4.54. The summed E-state index contributed by atoms with van der Waals surface area (Å²) in [6.45, 7) is 3.84. The van der Waals surface area contributed by atoms with Gasteiger partial charge in [-0.15, -0.1) is 0 Å². The summed E-state index contributed by atoms with van der Waals surface area (Å²) in [5.74, 6) is -0.945. The number of hydrogen-bond donors (Lipinski definition) is 2. The van der Waals surface area contributed by atoms with Crippen LogP contribution in [0.2, 0.25) is 0 Å². The van der Waals surface area contributed by atoms with Crippen LogP contribution in [0.25, 0.3) is 11.1 Å². The molecule has 1 atom stereocenters. The molecule has 3 rings (SSSR count). The van der Waals surface area contributed by atoms with Crippen molar-refractivity contribution in [1.29, 1.82) is 5.26 Å². The summed E-state index contributed by atoms with van der Waals surface area (Å²) in [5.41, 5.74) is 4.68. The van der Waals surface area contributed by atoms with E-state index < -0.39 is 11.5 Å². The quantitative estimate of drug-likeness (QED) is 0.542. The van der Waals surface area contributed by atoms with Gasteiger partial charge in [-0.05, 0) is 72.5 Å². The van der Waals surface area contributed by atoms with Crippen molar-refractivity contribution in [3.05, 3.63) is 83.4 Å². The molecule has 2 N–H and O–H groups in total. The van der Waals surface area contributed by atoms with Gasteiger partial charge < -0.3 is 15.3 Å². The summed E-state index contributed by atoms with van der Waals surface area (Å²) in [5, 5.41) is 22.5. The Morgan fingerprint density at radius 2 is 1.68 bits per heavy atom. The topological polar surface area (TPSA) is 76.4 Å². The third-order valence-corrected chi connectivity index (χ3v) is 5.55. The summed E-state index contributed by atoms with van der Waals surface area (Å²) in [6.07, 6.45) is 0.352. The number of aliphatic carboxylic acids is 1. The van der Waals surface area contributed by atoms with Crippen molar-refractivity contribution in [2.75, 3.05) is 24.3 Å². The highest BCUT2D eigenvalue weighted by Gasteiger charge is 2.39. The molecule has 0 radical (unpaired) electrons. The Hall–Kier alpha value is -3.78. The average molecular weight is 414 g/mol. The van der Waals surface area contributed by atoms with Crippen molar-refractivity contribution >= 4 is 17.3 Å². The summed E-state index contributed by atoms with van der Waals surface area (Å²) >= 11 is 0. The van der Waals surface area contributed by atoms with Crippen LogP contribution in [0.5, 0.6) is 0 Å². The number of benzene rings is 3. The maximum absolute atomic E-state index is 12.5. The van der Waals surface area contributed by atoms with Crippen LogP contribution in [0, 0.1) is 18.3 Å². The number of rotatable bonds is 7. The number of nitrogens with zero attached hydrogens (tertiary/aromatic N) is 2. The average Bonchev–Trinajstić information content (AvgIpc) is 2.77. The first kappa shape index (κ1) is 21.9. The van der Waals surface area contributed by atoms with Crippen LogP contribution in [0.1, 0.15) is 30.0 Å². The number of hydrogen-bond acceptors (Lipinski definition) is 4. The SMILES string of the molecule is CCC(Nc1ccc(C#N)cc1)(C(=O)O)c1cc(C)cc(-c2ccc(N(C)C)cc2)c1. The minimum Gasteiger partial charge on any atom is -0.479 e. The predicted octanol–water partition coefficient (Wildman–Crippen LogP) is 5.40. The first-order chi connectivity index (χ1) is 14.8. The Balaban J connectivity index is 2.07. The maximum Gasteiger partial charge on any atom is 0.334 e. The zero-order chi connectivity index (χ0) is 22.6. The largest absolute Gasteiger partial charge is 0.479 e. The maximum atomic E-state index is 12.5. The van der Waals surface area contributed by atoms with Crippen molar-refractivity contribution in [1.82, 2.24) is 0 Å². The fourth-order valence-corrected chi connectivity index (χ4v) is 3.72. The predicted molar refractivity (Wildman–Crippen MR) is 125 cm³/mol. The molecule has 0 amide bonds. The van der Waals surface area contributed by atoms with Crippen LogP contribution in [0.4, 0.5) is 11.4 Å². The summed E-state index contributed by atoms with van der Waals surface area (Å²) in [7, 11) is 3.99. The molecule has 0 saturated heterocycles. The zero-order valence-corrected chi connectivity index (χ0v) is 18.3. The number of aryl methyl sites for hydroxylation is 1. The number of carbonyl (C=O) groups is 1. The molecule has 0 aliphatic rings. The van der Waals surface area contributed by atoms with Gasteiger partial charge in [-0.25, -0.2) is 4.79 Å². The van der Waals surface area contributed by atoms with Crippen LogP contribution in [0.3, 0.4) is 0 Å². The lowest BCUT2D eigenvalue weighted by Gasteiger charge is -2.32. The van der Waals surface area contributed by atoms with E-state index in [-0.39, 0.29) is 0 Å².